The SMILES string of the molecule is Cc1cc(C)c2c(c1)c(/C=C/C(=O)O)c(Cl)n2CC(C)C. The zero-order valence-electron chi connectivity index (χ0n) is 12.8. The summed E-state index contributed by atoms with van der Waals surface area (Å²) in [4.78, 5) is 10.8. The summed E-state index contributed by atoms with van der Waals surface area (Å²) in [7, 11) is 0. The van der Waals surface area contributed by atoms with Gasteiger partial charge in [-0.3, -0.25) is 0 Å². The fourth-order valence-corrected chi connectivity index (χ4v) is 3.05. The second-order valence-electron chi connectivity index (χ2n) is 5.86. The Labute approximate surface area is 129 Å². The third-order valence-electron chi connectivity index (χ3n) is 3.40. The van der Waals surface area contributed by atoms with E-state index in [1.807, 2.05) is 6.92 Å². The van der Waals surface area contributed by atoms with Crippen LogP contribution in [-0.2, 0) is 11.3 Å². The summed E-state index contributed by atoms with van der Waals surface area (Å²) in [5.74, 6) is -0.518. The van der Waals surface area contributed by atoms with Crippen molar-refractivity contribution in [1.82, 2.24) is 4.57 Å². The minimum atomic E-state index is -0.972. The van der Waals surface area contributed by atoms with Crippen LogP contribution in [0, 0.1) is 19.8 Å². The van der Waals surface area contributed by atoms with Gasteiger partial charge in [0.2, 0.25) is 0 Å². The summed E-state index contributed by atoms with van der Waals surface area (Å²) >= 11 is 6.52. The van der Waals surface area contributed by atoms with Crippen LogP contribution in [0.15, 0.2) is 18.2 Å². The number of carboxylic acid groups (broad SMARTS) is 1. The van der Waals surface area contributed by atoms with Crippen LogP contribution < -0.4 is 0 Å². The number of carbonyl (C=O) groups is 1. The number of aliphatic carboxylic acids is 1. The molecule has 1 aromatic heterocycles. The summed E-state index contributed by atoms with van der Waals surface area (Å²) in [6.45, 7) is 9.18. The fourth-order valence-electron chi connectivity index (χ4n) is 2.73. The van der Waals surface area contributed by atoms with Gasteiger partial charge >= 0.3 is 5.97 Å². The number of rotatable bonds is 4. The number of halogens is 1. The van der Waals surface area contributed by atoms with Crippen molar-refractivity contribution in [2.24, 2.45) is 5.92 Å². The maximum atomic E-state index is 10.8. The molecule has 0 aliphatic heterocycles. The molecule has 0 aliphatic carbocycles. The standard InChI is InChI=1S/C17H20ClNO2/c1-10(2)9-19-16-12(4)7-11(3)8-14(16)13(17(19)18)5-6-15(20)21/h5-8,10H,9H2,1-4H3,(H,20,21)/b6-5+. The first-order valence-electron chi connectivity index (χ1n) is 7.01. The minimum absolute atomic E-state index is 0.454. The van der Waals surface area contributed by atoms with Gasteiger partial charge in [-0.15, -0.1) is 0 Å². The van der Waals surface area contributed by atoms with E-state index in [1.54, 1.807) is 6.08 Å². The molecule has 4 heteroatoms. The van der Waals surface area contributed by atoms with Crippen LogP contribution in [0.3, 0.4) is 0 Å². The lowest BCUT2D eigenvalue weighted by Gasteiger charge is -2.11. The highest BCUT2D eigenvalue weighted by atomic mass is 35.5. The molecule has 2 aromatic rings. The highest BCUT2D eigenvalue weighted by Crippen LogP contribution is 2.34. The fraction of sp³-hybridized carbons (Fsp3) is 0.353. The number of aromatic nitrogens is 1. The van der Waals surface area contributed by atoms with E-state index in [1.165, 1.54) is 0 Å². The number of hydrogen-bond donors (Lipinski definition) is 1. The van der Waals surface area contributed by atoms with Gasteiger partial charge in [-0.05, 0) is 37.5 Å². The molecule has 112 valence electrons. The highest BCUT2D eigenvalue weighted by Gasteiger charge is 2.17. The molecule has 0 radical (unpaired) electrons. The maximum Gasteiger partial charge on any atom is 0.328 e. The molecule has 1 N–H and O–H groups in total. The van der Waals surface area contributed by atoms with Crippen LogP contribution in [0.5, 0.6) is 0 Å². The van der Waals surface area contributed by atoms with E-state index in [4.69, 9.17) is 16.7 Å². The number of benzene rings is 1. The zero-order valence-corrected chi connectivity index (χ0v) is 13.5. The van der Waals surface area contributed by atoms with Gasteiger partial charge in [0.25, 0.3) is 0 Å². The number of hydrogen-bond acceptors (Lipinski definition) is 1. The zero-order chi connectivity index (χ0) is 15.7. The van der Waals surface area contributed by atoms with Crippen molar-refractivity contribution < 1.29 is 9.90 Å². The second-order valence-corrected chi connectivity index (χ2v) is 6.22. The largest absolute Gasteiger partial charge is 0.478 e. The van der Waals surface area contributed by atoms with Crippen LogP contribution in [0.2, 0.25) is 5.15 Å². The molecule has 0 saturated carbocycles. The molecule has 0 atom stereocenters. The quantitative estimate of drug-likeness (QED) is 0.834. The molecule has 0 amide bonds. The summed E-state index contributed by atoms with van der Waals surface area (Å²) in [6.07, 6.45) is 2.72. The van der Waals surface area contributed by atoms with E-state index < -0.39 is 5.97 Å². The first-order valence-corrected chi connectivity index (χ1v) is 7.39. The third kappa shape index (κ3) is 3.13. The van der Waals surface area contributed by atoms with E-state index in [9.17, 15) is 4.79 Å². The Bertz CT molecular complexity index is 726. The number of carboxylic acids is 1. The van der Waals surface area contributed by atoms with Crippen LogP contribution >= 0.6 is 11.6 Å². The van der Waals surface area contributed by atoms with Gasteiger partial charge in [0.15, 0.2) is 0 Å². The molecule has 0 saturated heterocycles. The predicted octanol–water partition coefficient (Wildman–Crippen LogP) is 4.67. The first kappa shape index (κ1) is 15.6. The number of fused-ring (bicyclic) bond motifs is 1. The molecule has 2 rings (SSSR count). The van der Waals surface area contributed by atoms with Crippen LogP contribution in [0.25, 0.3) is 17.0 Å². The Morgan fingerprint density at radius 1 is 1.38 bits per heavy atom. The Balaban J connectivity index is 2.78. The van der Waals surface area contributed by atoms with Crippen molar-refractivity contribution in [1.29, 1.82) is 0 Å². The van der Waals surface area contributed by atoms with Gasteiger partial charge in [-0.25, -0.2) is 4.79 Å². The van der Waals surface area contributed by atoms with E-state index in [0.29, 0.717) is 11.1 Å². The van der Waals surface area contributed by atoms with Crippen LogP contribution in [0.1, 0.15) is 30.5 Å². The van der Waals surface area contributed by atoms with Crippen LogP contribution in [0.4, 0.5) is 0 Å². The van der Waals surface area contributed by atoms with Gasteiger partial charge < -0.3 is 9.67 Å². The predicted molar refractivity (Wildman–Crippen MR) is 87.9 cm³/mol. The Morgan fingerprint density at radius 2 is 2.05 bits per heavy atom. The molecule has 1 heterocycles. The van der Waals surface area contributed by atoms with E-state index in [-0.39, 0.29) is 0 Å². The molecular weight excluding hydrogens is 286 g/mol. The molecule has 21 heavy (non-hydrogen) atoms. The van der Waals surface area contributed by atoms with E-state index in [2.05, 4.69) is 37.5 Å². The van der Waals surface area contributed by atoms with Crippen molar-refractivity contribution in [2.45, 2.75) is 34.2 Å². The minimum Gasteiger partial charge on any atom is -0.478 e. The highest BCUT2D eigenvalue weighted by molar-refractivity contribution is 6.33. The molecule has 0 bridgehead atoms. The molecule has 0 spiro atoms. The molecule has 0 unspecified atom stereocenters. The number of aryl methyl sites for hydroxylation is 2. The monoisotopic (exact) mass is 305 g/mol. The summed E-state index contributed by atoms with van der Waals surface area (Å²) in [5, 5.41) is 10.5. The molecule has 0 fully saturated rings. The smallest absolute Gasteiger partial charge is 0.328 e. The van der Waals surface area contributed by atoms with Crippen molar-refractivity contribution in [3.05, 3.63) is 40.1 Å². The van der Waals surface area contributed by atoms with Crippen molar-refractivity contribution in [2.75, 3.05) is 0 Å². The van der Waals surface area contributed by atoms with Crippen molar-refractivity contribution in [3.8, 4) is 0 Å². The molecule has 3 nitrogen and oxygen atoms in total. The van der Waals surface area contributed by atoms with Gasteiger partial charge in [0, 0.05) is 23.6 Å². The lowest BCUT2D eigenvalue weighted by molar-refractivity contribution is -0.131. The summed E-state index contributed by atoms with van der Waals surface area (Å²) in [5.41, 5.74) is 4.16. The normalized spacial score (nSPS) is 11.9. The Kier molecular flexibility index (Phi) is 4.43. The average molecular weight is 306 g/mol. The van der Waals surface area contributed by atoms with Gasteiger partial charge in [0.05, 0.1) is 5.52 Å². The van der Waals surface area contributed by atoms with E-state index >= 15 is 0 Å². The summed E-state index contributed by atoms with van der Waals surface area (Å²) < 4.78 is 2.08. The lowest BCUT2D eigenvalue weighted by atomic mass is 10.1. The molecule has 1 aromatic carbocycles. The van der Waals surface area contributed by atoms with Gasteiger partial charge in [0.1, 0.15) is 5.15 Å². The third-order valence-corrected chi connectivity index (χ3v) is 3.81. The Morgan fingerprint density at radius 3 is 2.62 bits per heavy atom. The number of nitrogens with zero attached hydrogens (tertiary/aromatic N) is 1. The first-order chi connectivity index (χ1) is 9.81. The van der Waals surface area contributed by atoms with Crippen molar-refractivity contribution >= 4 is 34.5 Å². The second kappa shape index (κ2) is 5.94. The van der Waals surface area contributed by atoms with Gasteiger partial charge in [-0.1, -0.05) is 37.1 Å². The molecular formula is C17H20ClNO2. The Hall–Kier alpha value is -1.74. The lowest BCUT2D eigenvalue weighted by Crippen LogP contribution is -2.05. The summed E-state index contributed by atoms with van der Waals surface area (Å²) in [6, 6.07) is 4.19. The van der Waals surface area contributed by atoms with E-state index in [0.717, 1.165) is 40.2 Å². The maximum absolute atomic E-state index is 10.8. The van der Waals surface area contributed by atoms with Crippen molar-refractivity contribution in [3.63, 3.8) is 0 Å². The van der Waals surface area contributed by atoms with Crippen LogP contribution in [-0.4, -0.2) is 15.6 Å². The average Bonchev–Trinajstić information content (AvgIpc) is 2.59. The molecule has 0 aliphatic rings. The topological polar surface area (TPSA) is 42.2 Å². The van der Waals surface area contributed by atoms with Gasteiger partial charge in [-0.2, -0.15) is 0 Å².